The zero-order valence-corrected chi connectivity index (χ0v) is 16.0. The number of hydrogen-bond donors (Lipinski definition) is 2. The number of carboxylic acid groups (broad SMARTS) is 1. The van der Waals surface area contributed by atoms with Gasteiger partial charge in [0.1, 0.15) is 5.75 Å². The normalized spacial score (nSPS) is 11.4. The molecule has 5 nitrogen and oxygen atoms in total. The molecule has 0 aliphatic heterocycles. The first-order valence-corrected chi connectivity index (χ1v) is 9.42. The lowest BCUT2D eigenvalue weighted by Crippen LogP contribution is -2.31. The van der Waals surface area contributed by atoms with Crippen LogP contribution in [0, 0.1) is 0 Å². The van der Waals surface area contributed by atoms with Crippen LogP contribution < -0.4 is 10.1 Å². The van der Waals surface area contributed by atoms with E-state index in [9.17, 15) is 9.59 Å². The van der Waals surface area contributed by atoms with Gasteiger partial charge in [0.05, 0.1) is 12.5 Å². The first kappa shape index (κ1) is 20.1. The van der Waals surface area contributed by atoms with Crippen molar-refractivity contribution in [1.29, 1.82) is 0 Å². The number of carboxylic acids is 1. The third-order valence-corrected chi connectivity index (χ3v) is 4.45. The molecule has 0 radical (unpaired) electrons. The molecule has 0 saturated heterocycles. The number of rotatable bonds is 9. The van der Waals surface area contributed by atoms with Crippen molar-refractivity contribution in [2.24, 2.45) is 0 Å². The molecule has 0 heterocycles. The molecule has 3 aromatic rings. The number of benzene rings is 3. The highest BCUT2D eigenvalue weighted by molar-refractivity contribution is 5.79. The third kappa shape index (κ3) is 6.50. The zero-order valence-electron chi connectivity index (χ0n) is 16.0. The number of carbonyl (C=O) groups is 2. The summed E-state index contributed by atoms with van der Waals surface area (Å²) in [4.78, 5) is 23.4. The van der Waals surface area contributed by atoms with E-state index < -0.39 is 12.6 Å². The predicted octanol–water partition coefficient (Wildman–Crippen LogP) is 3.79. The standard InChI is InChI=1S/C24H23NO4/c26-23(16-19-10-7-13-21(14-19)29-17-24(27)28)25-22(20-11-5-2-6-12-20)15-18-8-3-1-4-9-18/h1-14,22H,15-17H2,(H,25,26)(H,27,28). The monoisotopic (exact) mass is 389 g/mol. The Kier molecular flexibility index (Phi) is 7.00. The number of ether oxygens (including phenoxy) is 1. The maximum atomic E-state index is 12.7. The van der Waals surface area contributed by atoms with E-state index in [0.29, 0.717) is 12.2 Å². The molecule has 0 aromatic heterocycles. The van der Waals surface area contributed by atoms with Crippen LogP contribution in [0.3, 0.4) is 0 Å². The Morgan fingerprint density at radius 3 is 2.21 bits per heavy atom. The van der Waals surface area contributed by atoms with E-state index in [0.717, 1.165) is 16.7 Å². The molecule has 2 N–H and O–H groups in total. The Morgan fingerprint density at radius 1 is 0.862 bits per heavy atom. The number of carbonyl (C=O) groups excluding carboxylic acids is 1. The zero-order chi connectivity index (χ0) is 20.5. The molecule has 148 valence electrons. The Morgan fingerprint density at radius 2 is 1.52 bits per heavy atom. The number of aliphatic carboxylic acids is 1. The van der Waals surface area contributed by atoms with Crippen LogP contribution >= 0.6 is 0 Å². The van der Waals surface area contributed by atoms with E-state index in [1.807, 2.05) is 66.7 Å². The van der Waals surface area contributed by atoms with Gasteiger partial charge in [-0.25, -0.2) is 4.79 Å². The van der Waals surface area contributed by atoms with E-state index in [2.05, 4.69) is 5.32 Å². The third-order valence-electron chi connectivity index (χ3n) is 4.45. The molecule has 0 aliphatic carbocycles. The lowest BCUT2D eigenvalue weighted by atomic mass is 9.98. The van der Waals surface area contributed by atoms with Gasteiger partial charge in [-0.1, -0.05) is 72.8 Å². The van der Waals surface area contributed by atoms with Crippen LogP contribution in [-0.4, -0.2) is 23.6 Å². The summed E-state index contributed by atoms with van der Waals surface area (Å²) in [5.74, 6) is -0.716. The summed E-state index contributed by atoms with van der Waals surface area (Å²) in [6.45, 7) is -0.414. The van der Waals surface area contributed by atoms with Gasteiger partial charge in [0.25, 0.3) is 0 Å². The van der Waals surface area contributed by atoms with E-state index in [1.165, 1.54) is 0 Å². The Labute approximate surface area is 170 Å². The molecule has 3 rings (SSSR count). The second kappa shape index (κ2) is 10.1. The summed E-state index contributed by atoms with van der Waals surface area (Å²) in [5, 5.41) is 11.9. The van der Waals surface area contributed by atoms with Crippen LogP contribution in [0.1, 0.15) is 22.7 Å². The van der Waals surface area contributed by atoms with Gasteiger partial charge in [0.2, 0.25) is 5.91 Å². The quantitative estimate of drug-likeness (QED) is 0.584. The van der Waals surface area contributed by atoms with Crippen molar-refractivity contribution >= 4 is 11.9 Å². The summed E-state index contributed by atoms with van der Waals surface area (Å²) >= 11 is 0. The fourth-order valence-corrected chi connectivity index (χ4v) is 3.11. The molecule has 0 aliphatic rings. The van der Waals surface area contributed by atoms with Crippen molar-refractivity contribution < 1.29 is 19.4 Å². The van der Waals surface area contributed by atoms with Crippen molar-refractivity contribution in [3.63, 3.8) is 0 Å². The van der Waals surface area contributed by atoms with Gasteiger partial charge in [0.15, 0.2) is 6.61 Å². The van der Waals surface area contributed by atoms with Gasteiger partial charge in [0, 0.05) is 0 Å². The topological polar surface area (TPSA) is 75.6 Å². The minimum atomic E-state index is -1.04. The fourth-order valence-electron chi connectivity index (χ4n) is 3.11. The van der Waals surface area contributed by atoms with Crippen LogP contribution in [-0.2, 0) is 22.4 Å². The summed E-state index contributed by atoms with van der Waals surface area (Å²) < 4.78 is 5.19. The maximum Gasteiger partial charge on any atom is 0.341 e. The second-order valence-electron chi connectivity index (χ2n) is 6.73. The van der Waals surface area contributed by atoms with Crippen molar-refractivity contribution in [3.8, 4) is 5.75 Å². The van der Waals surface area contributed by atoms with Gasteiger partial charge in [-0.15, -0.1) is 0 Å². The Bertz CT molecular complexity index is 941. The van der Waals surface area contributed by atoms with E-state index >= 15 is 0 Å². The lowest BCUT2D eigenvalue weighted by molar-refractivity contribution is -0.139. The van der Waals surface area contributed by atoms with Gasteiger partial charge in [-0.3, -0.25) is 4.79 Å². The molecule has 3 aromatic carbocycles. The molecule has 29 heavy (non-hydrogen) atoms. The number of hydrogen-bond acceptors (Lipinski definition) is 3. The van der Waals surface area contributed by atoms with Crippen LogP contribution in [0.15, 0.2) is 84.9 Å². The first-order chi connectivity index (χ1) is 14.1. The van der Waals surface area contributed by atoms with Gasteiger partial charge < -0.3 is 15.2 Å². The highest BCUT2D eigenvalue weighted by Crippen LogP contribution is 2.19. The van der Waals surface area contributed by atoms with Crippen molar-refractivity contribution in [2.75, 3.05) is 6.61 Å². The molecule has 0 spiro atoms. The van der Waals surface area contributed by atoms with Crippen molar-refractivity contribution in [3.05, 3.63) is 102 Å². The van der Waals surface area contributed by atoms with Crippen LogP contribution in [0.2, 0.25) is 0 Å². The summed E-state index contributed by atoms with van der Waals surface area (Å²) in [5.41, 5.74) is 2.95. The van der Waals surface area contributed by atoms with Gasteiger partial charge in [-0.05, 0) is 35.2 Å². The average Bonchev–Trinajstić information content (AvgIpc) is 2.73. The molecule has 1 atom stereocenters. The molecular weight excluding hydrogens is 366 g/mol. The smallest absolute Gasteiger partial charge is 0.341 e. The van der Waals surface area contributed by atoms with Crippen LogP contribution in [0.25, 0.3) is 0 Å². The first-order valence-electron chi connectivity index (χ1n) is 9.42. The minimum Gasteiger partial charge on any atom is -0.482 e. The van der Waals surface area contributed by atoms with Crippen LogP contribution in [0.5, 0.6) is 5.75 Å². The summed E-state index contributed by atoms with van der Waals surface area (Å²) in [6, 6.07) is 26.7. The SMILES string of the molecule is O=C(O)COc1cccc(CC(=O)NC(Cc2ccccc2)c2ccccc2)c1. The summed E-state index contributed by atoms with van der Waals surface area (Å²) in [7, 11) is 0. The second-order valence-corrected chi connectivity index (χ2v) is 6.73. The largest absolute Gasteiger partial charge is 0.482 e. The van der Waals surface area contributed by atoms with Crippen LogP contribution in [0.4, 0.5) is 0 Å². The molecule has 0 bridgehead atoms. The molecule has 1 amide bonds. The fraction of sp³-hybridized carbons (Fsp3) is 0.167. The Hall–Kier alpha value is -3.60. The molecule has 0 fully saturated rings. The highest BCUT2D eigenvalue weighted by atomic mass is 16.5. The molecular formula is C24H23NO4. The predicted molar refractivity (Wildman–Crippen MR) is 111 cm³/mol. The average molecular weight is 389 g/mol. The number of nitrogens with one attached hydrogen (secondary N) is 1. The van der Waals surface area contributed by atoms with Gasteiger partial charge >= 0.3 is 5.97 Å². The van der Waals surface area contributed by atoms with E-state index in [-0.39, 0.29) is 18.4 Å². The maximum absolute atomic E-state index is 12.7. The highest BCUT2D eigenvalue weighted by Gasteiger charge is 2.16. The van der Waals surface area contributed by atoms with Crippen molar-refractivity contribution in [2.45, 2.75) is 18.9 Å². The lowest BCUT2D eigenvalue weighted by Gasteiger charge is -2.20. The van der Waals surface area contributed by atoms with Crippen molar-refractivity contribution in [1.82, 2.24) is 5.32 Å². The molecule has 0 saturated carbocycles. The Balaban J connectivity index is 1.68. The van der Waals surface area contributed by atoms with E-state index in [4.69, 9.17) is 9.84 Å². The van der Waals surface area contributed by atoms with Gasteiger partial charge in [-0.2, -0.15) is 0 Å². The number of amides is 1. The minimum absolute atomic E-state index is 0.106. The molecule has 1 unspecified atom stereocenters. The summed E-state index contributed by atoms with van der Waals surface area (Å²) in [6.07, 6.45) is 0.876. The molecule has 5 heteroatoms. The van der Waals surface area contributed by atoms with E-state index in [1.54, 1.807) is 18.2 Å².